The number of sulfone groups is 1. The molecule has 88 valence electrons. The fraction of sp³-hybridized carbons (Fsp3) is 1.00. The Morgan fingerprint density at radius 2 is 1.93 bits per heavy atom. The average Bonchev–Trinajstić information content (AvgIpc) is 2.72. The molecular weight excluding hydrogens is 232 g/mol. The van der Waals surface area contributed by atoms with Crippen molar-refractivity contribution in [2.75, 3.05) is 11.5 Å². The van der Waals surface area contributed by atoms with Crippen LogP contribution >= 0.6 is 11.6 Å². The van der Waals surface area contributed by atoms with E-state index < -0.39 is 9.84 Å². The van der Waals surface area contributed by atoms with E-state index in [1.807, 2.05) is 0 Å². The lowest BCUT2D eigenvalue weighted by Crippen LogP contribution is -2.32. The van der Waals surface area contributed by atoms with E-state index in [9.17, 15) is 8.42 Å². The molecule has 2 atom stereocenters. The van der Waals surface area contributed by atoms with Gasteiger partial charge in [0.25, 0.3) is 0 Å². The lowest BCUT2D eigenvalue weighted by molar-refractivity contribution is 0.267. The van der Waals surface area contributed by atoms with E-state index in [2.05, 4.69) is 6.92 Å². The molecule has 0 aromatic rings. The maximum atomic E-state index is 11.4. The van der Waals surface area contributed by atoms with Gasteiger partial charge in [-0.15, -0.1) is 11.6 Å². The monoisotopic (exact) mass is 250 g/mol. The number of hydrogen-bond donors (Lipinski definition) is 0. The highest BCUT2D eigenvalue weighted by molar-refractivity contribution is 7.91. The van der Waals surface area contributed by atoms with Crippen molar-refractivity contribution in [3.8, 4) is 0 Å². The van der Waals surface area contributed by atoms with Gasteiger partial charge in [0.05, 0.1) is 11.5 Å². The van der Waals surface area contributed by atoms with Crippen LogP contribution in [0.25, 0.3) is 0 Å². The normalized spacial score (nSPS) is 35.5. The molecule has 1 saturated carbocycles. The lowest BCUT2D eigenvalue weighted by atomic mass is 9.79. The van der Waals surface area contributed by atoms with E-state index in [1.54, 1.807) is 0 Å². The van der Waals surface area contributed by atoms with Crippen molar-refractivity contribution >= 4 is 21.4 Å². The summed E-state index contributed by atoms with van der Waals surface area (Å²) in [7, 11) is -2.78. The van der Waals surface area contributed by atoms with Crippen LogP contribution in [0.5, 0.6) is 0 Å². The topological polar surface area (TPSA) is 34.1 Å². The zero-order valence-corrected chi connectivity index (χ0v) is 10.8. The SMILES string of the molecule is CC1(C(Cl)C2CCS(=O)(=O)C2)CCCC1. The van der Waals surface area contributed by atoms with Gasteiger partial charge in [-0.3, -0.25) is 0 Å². The molecule has 2 rings (SSSR count). The molecule has 0 amide bonds. The van der Waals surface area contributed by atoms with Gasteiger partial charge in [-0.25, -0.2) is 8.42 Å². The standard InChI is InChI=1S/C11H19ClO2S/c1-11(5-2-3-6-11)10(12)9-4-7-15(13,14)8-9/h9-10H,2-8H2,1H3. The maximum Gasteiger partial charge on any atom is 0.150 e. The Labute approximate surface area is 97.3 Å². The van der Waals surface area contributed by atoms with Crippen LogP contribution in [-0.2, 0) is 9.84 Å². The molecule has 1 aliphatic heterocycles. The summed E-state index contributed by atoms with van der Waals surface area (Å²) in [5.74, 6) is 0.855. The van der Waals surface area contributed by atoms with Crippen molar-refractivity contribution in [2.45, 2.75) is 44.4 Å². The minimum atomic E-state index is -2.78. The molecule has 0 aromatic heterocycles. The van der Waals surface area contributed by atoms with Gasteiger partial charge in [0.2, 0.25) is 0 Å². The van der Waals surface area contributed by atoms with Crippen molar-refractivity contribution in [3.63, 3.8) is 0 Å². The molecule has 1 aliphatic carbocycles. The van der Waals surface area contributed by atoms with Gasteiger partial charge in [0.15, 0.2) is 9.84 Å². The van der Waals surface area contributed by atoms with Crippen LogP contribution in [0.4, 0.5) is 0 Å². The fourth-order valence-electron chi connectivity index (χ4n) is 3.08. The quantitative estimate of drug-likeness (QED) is 0.706. The molecule has 1 saturated heterocycles. The van der Waals surface area contributed by atoms with E-state index in [0.29, 0.717) is 11.5 Å². The Morgan fingerprint density at radius 1 is 1.33 bits per heavy atom. The molecule has 0 bridgehead atoms. The van der Waals surface area contributed by atoms with Gasteiger partial charge in [-0.2, -0.15) is 0 Å². The van der Waals surface area contributed by atoms with Crippen molar-refractivity contribution < 1.29 is 8.42 Å². The molecule has 2 unspecified atom stereocenters. The Balaban J connectivity index is 2.05. The molecule has 2 fully saturated rings. The average molecular weight is 251 g/mol. The predicted octanol–water partition coefficient (Wildman–Crippen LogP) is 2.61. The van der Waals surface area contributed by atoms with E-state index in [-0.39, 0.29) is 16.7 Å². The first-order valence-electron chi connectivity index (χ1n) is 5.77. The third-order valence-electron chi connectivity index (χ3n) is 4.09. The Hall–Kier alpha value is 0.240. The molecule has 15 heavy (non-hydrogen) atoms. The third-order valence-corrected chi connectivity index (χ3v) is 6.77. The predicted molar refractivity (Wildman–Crippen MR) is 63.0 cm³/mol. The summed E-state index contributed by atoms with van der Waals surface area (Å²) in [6, 6.07) is 0. The molecule has 0 N–H and O–H groups in total. The van der Waals surface area contributed by atoms with Crippen molar-refractivity contribution in [1.29, 1.82) is 0 Å². The number of rotatable bonds is 2. The Morgan fingerprint density at radius 3 is 2.40 bits per heavy atom. The summed E-state index contributed by atoms with van der Waals surface area (Å²) in [5.41, 5.74) is 0.187. The largest absolute Gasteiger partial charge is 0.229 e. The first kappa shape index (κ1) is 11.7. The Bertz CT molecular complexity index is 330. The van der Waals surface area contributed by atoms with Crippen LogP contribution in [0.3, 0.4) is 0 Å². The number of halogens is 1. The van der Waals surface area contributed by atoms with Crippen molar-refractivity contribution in [2.24, 2.45) is 11.3 Å². The van der Waals surface area contributed by atoms with Crippen LogP contribution in [0, 0.1) is 11.3 Å². The second-order valence-corrected chi connectivity index (χ2v) is 8.12. The highest BCUT2D eigenvalue weighted by Gasteiger charge is 2.43. The van der Waals surface area contributed by atoms with Gasteiger partial charge < -0.3 is 0 Å². The second-order valence-electron chi connectivity index (χ2n) is 5.43. The van der Waals surface area contributed by atoms with Gasteiger partial charge in [-0.05, 0) is 30.6 Å². The van der Waals surface area contributed by atoms with E-state index in [0.717, 1.165) is 19.3 Å². The highest BCUT2D eigenvalue weighted by atomic mass is 35.5. The molecule has 4 heteroatoms. The van der Waals surface area contributed by atoms with Crippen LogP contribution in [0.15, 0.2) is 0 Å². The highest BCUT2D eigenvalue weighted by Crippen LogP contribution is 2.47. The van der Waals surface area contributed by atoms with E-state index in [4.69, 9.17) is 11.6 Å². The smallest absolute Gasteiger partial charge is 0.150 e. The summed E-state index contributed by atoms with van der Waals surface area (Å²) in [6.07, 6.45) is 5.60. The first-order valence-corrected chi connectivity index (χ1v) is 8.03. The maximum absolute atomic E-state index is 11.4. The minimum absolute atomic E-state index is 0.0530. The van der Waals surface area contributed by atoms with Gasteiger partial charge in [0.1, 0.15) is 0 Å². The summed E-state index contributed by atoms with van der Waals surface area (Å²) >= 11 is 6.50. The number of hydrogen-bond acceptors (Lipinski definition) is 2. The van der Waals surface area contributed by atoms with Crippen molar-refractivity contribution in [3.05, 3.63) is 0 Å². The second kappa shape index (κ2) is 3.92. The molecule has 2 aliphatic rings. The fourth-order valence-corrected chi connectivity index (χ4v) is 5.46. The van der Waals surface area contributed by atoms with Crippen LogP contribution in [-0.4, -0.2) is 25.3 Å². The molecule has 2 nitrogen and oxygen atoms in total. The summed E-state index contributed by atoms with van der Waals surface area (Å²) in [6.45, 7) is 2.22. The van der Waals surface area contributed by atoms with Crippen molar-refractivity contribution in [1.82, 2.24) is 0 Å². The lowest BCUT2D eigenvalue weighted by Gasteiger charge is -2.33. The first-order chi connectivity index (χ1) is 6.93. The molecule has 1 heterocycles. The van der Waals surface area contributed by atoms with Gasteiger partial charge in [-0.1, -0.05) is 19.8 Å². The third kappa shape index (κ3) is 2.33. The van der Waals surface area contributed by atoms with Gasteiger partial charge >= 0.3 is 0 Å². The summed E-state index contributed by atoms with van der Waals surface area (Å²) < 4.78 is 22.8. The summed E-state index contributed by atoms with van der Waals surface area (Å²) in [4.78, 5) is 0. The van der Waals surface area contributed by atoms with E-state index >= 15 is 0 Å². The molecule has 0 radical (unpaired) electrons. The minimum Gasteiger partial charge on any atom is -0.229 e. The molecule has 0 spiro atoms. The number of alkyl halides is 1. The zero-order valence-electron chi connectivity index (χ0n) is 9.21. The van der Waals surface area contributed by atoms with E-state index in [1.165, 1.54) is 12.8 Å². The molecular formula is C11H19ClO2S. The van der Waals surface area contributed by atoms with Crippen LogP contribution in [0.1, 0.15) is 39.0 Å². The van der Waals surface area contributed by atoms with Crippen LogP contribution in [0.2, 0.25) is 0 Å². The van der Waals surface area contributed by atoms with Crippen LogP contribution < -0.4 is 0 Å². The summed E-state index contributed by atoms with van der Waals surface area (Å²) in [5, 5.41) is 0.0530. The van der Waals surface area contributed by atoms with Gasteiger partial charge in [0, 0.05) is 5.38 Å². The Kier molecular flexibility index (Phi) is 3.06. The zero-order chi connectivity index (χ0) is 11.1. The molecule has 0 aromatic carbocycles.